The molecule has 4 heteroatoms. The minimum absolute atomic E-state index is 0.881. The molecule has 396 valence electrons. The van der Waals surface area contributed by atoms with E-state index < -0.39 is 0 Å². The van der Waals surface area contributed by atoms with Gasteiger partial charge in [-0.05, 0) is 135 Å². The van der Waals surface area contributed by atoms with E-state index in [2.05, 4.69) is 336 Å². The summed E-state index contributed by atoms with van der Waals surface area (Å²) in [5, 5.41) is 6.82. The Balaban J connectivity index is 0.989. The molecule has 15 rings (SSSR count). The highest BCUT2D eigenvalue weighted by Crippen LogP contribution is 2.49. The van der Waals surface area contributed by atoms with Gasteiger partial charge in [-0.15, -0.1) is 0 Å². The van der Waals surface area contributed by atoms with Gasteiger partial charge in [-0.2, -0.15) is 0 Å². The molecule has 0 fully saturated rings. The first-order valence-corrected chi connectivity index (χ1v) is 28.6. The molecule has 0 amide bonds. The number of benzene rings is 14. The standard InChI is InChI=1S/C80H55N3O/c1-4-19-56(20-5-1)59-37-45-65(46-38-59)81(66-51-43-64(44-52-66)74-32-18-33-76-75-31-14-15-36-79(75)84-80(74)76)69-53-70(82(77-34-16-27-62-25-10-12-29-72(62)77)67-47-39-60(40-48-67)57-21-6-2-7-22-57)55-71(54-69)83(78-35-17-28-63-26-11-13-30-73(63)78)68-49-41-61(42-50-68)58-23-8-3-9-24-58/h1-55H. The number of furan rings is 1. The highest BCUT2D eigenvalue weighted by molar-refractivity contribution is 6.10. The summed E-state index contributed by atoms with van der Waals surface area (Å²) in [5.74, 6) is 0. The van der Waals surface area contributed by atoms with E-state index in [-0.39, 0.29) is 0 Å². The van der Waals surface area contributed by atoms with Gasteiger partial charge >= 0.3 is 0 Å². The van der Waals surface area contributed by atoms with Crippen molar-refractivity contribution in [2.24, 2.45) is 0 Å². The molecule has 0 spiro atoms. The molecule has 0 bridgehead atoms. The smallest absolute Gasteiger partial charge is 0.143 e. The monoisotopic (exact) mass is 1070 g/mol. The molecule has 0 saturated heterocycles. The zero-order valence-electron chi connectivity index (χ0n) is 46.0. The van der Waals surface area contributed by atoms with E-state index in [0.717, 1.165) is 128 Å². The fraction of sp³-hybridized carbons (Fsp3) is 0. The van der Waals surface area contributed by atoms with Crippen molar-refractivity contribution in [1.29, 1.82) is 0 Å². The largest absolute Gasteiger partial charge is 0.455 e. The normalized spacial score (nSPS) is 11.3. The van der Waals surface area contributed by atoms with Crippen LogP contribution in [0.5, 0.6) is 0 Å². The average Bonchev–Trinajstić information content (AvgIpc) is 4.13. The maximum Gasteiger partial charge on any atom is 0.143 e. The van der Waals surface area contributed by atoms with Crippen LogP contribution >= 0.6 is 0 Å². The van der Waals surface area contributed by atoms with E-state index >= 15 is 0 Å². The Kier molecular flexibility index (Phi) is 12.9. The Labute approximate surface area is 489 Å². The van der Waals surface area contributed by atoms with Gasteiger partial charge in [-0.3, -0.25) is 0 Å². The van der Waals surface area contributed by atoms with E-state index in [0.29, 0.717) is 0 Å². The number of rotatable bonds is 13. The molecule has 0 aliphatic carbocycles. The lowest BCUT2D eigenvalue weighted by molar-refractivity contribution is 0.670. The molecule has 0 radical (unpaired) electrons. The summed E-state index contributed by atoms with van der Waals surface area (Å²) in [6.07, 6.45) is 0. The van der Waals surface area contributed by atoms with Crippen LogP contribution in [0.4, 0.5) is 51.2 Å². The van der Waals surface area contributed by atoms with Gasteiger partial charge in [0.15, 0.2) is 0 Å². The Morgan fingerprint density at radius 3 is 0.976 bits per heavy atom. The Hall–Kier alpha value is -11.2. The van der Waals surface area contributed by atoms with Gasteiger partial charge in [0.1, 0.15) is 11.2 Å². The van der Waals surface area contributed by atoms with Crippen LogP contribution in [0.2, 0.25) is 0 Å². The van der Waals surface area contributed by atoms with Crippen molar-refractivity contribution in [2.75, 3.05) is 14.7 Å². The highest BCUT2D eigenvalue weighted by Gasteiger charge is 2.25. The number of nitrogens with zero attached hydrogens (tertiary/aromatic N) is 3. The summed E-state index contributed by atoms with van der Waals surface area (Å²) in [6, 6.07) is 120. The molecule has 15 aromatic rings. The van der Waals surface area contributed by atoms with Gasteiger partial charge in [0.2, 0.25) is 0 Å². The molecular weight excluding hydrogens is 1020 g/mol. The van der Waals surface area contributed by atoms with Crippen molar-refractivity contribution in [3.8, 4) is 44.5 Å². The second kappa shape index (κ2) is 21.7. The topological polar surface area (TPSA) is 22.9 Å². The zero-order chi connectivity index (χ0) is 55.8. The molecule has 14 aromatic carbocycles. The first-order chi connectivity index (χ1) is 41.6. The lowest BCUT2D eigenvalue weighted by Gasteiger charge is -2.33. The fourth-order valence-electron chi connectivity index (χ4n) is 12.1. The van der Waals surface area contributed by atoms with Gasteiger partial charge in [-0.25, -0.2) is 0 Å². The first kappa shape index (κ1) is 49.8. The first-order valence-electron chi connectivity index (χ1n) is 28.6. The van der Waals surface area contributed by atoms with Crippen LogP contribution in [0.25, 0.3) is 88.0 Å². The van der Waals surface area contributed by atoms with E-state index in [1.165, 1.54) is 11.1 Å². The Bertz CT molecular complexity index is 4610. The summed E-state index contributed by atoms with van der Waals surface area (Å²) in [4.78, 5) is 7.29. The third kappa shape index (κ3) is 9.38. The summed E-state index contributed by atoms with van der Waals surface area (Å²) < 4.78 is 6.61. The molecule has 0 unspecified atom stereocenters. The van der Waals surface area contributed by atoms with Gasteiger partial charge in [0.05, 0.1) is 28.4 Å². The van der Waals surface area contributed by atoms with Crippen LogP contribution in [0.1, 0.15) is 0 Å². The minimum Gasteiger partial charge on any atom is -0.455 e. The van der Waals surface area contributed by atoms with Gasteiger partial charge < -0.3 is 19.1 Å². The molecule has 0 aliphatic rings. The maximum atomic E-state index is 6.61. The second-order valence-corrected chi connectivity index (χ2v) is 21.3. The Morgan fingerprint density at radius 2 is 0.524 bits per heavy atom. The van der Waals surface area contributed by atoms with E-state index in [1.54, 1.807) is 0 Å². The highest BCUT2D eigenvalue weighted by atomic mass is 16.3. The summed E-state index contributed by atoms with van der Waals surface area (Å²) in [5.41, 5.74) is 20.0. The van der Waals surface area contributed by atoms with E-state index in [9.17, 15) is 0 Å². The van der Waals surface area contributed by atoms with Gasteiger partial charge in [-0.1, -0.05) is 249 Å². The molecule has 1 aromatic heterocycles. The van der Waals surface area contributed by atoms with Crippen molar-refractivity contribution in [2.45, 2.75) is 0 Å². The predicted octanol–water partition coefficient (Wildman–Crippen LogP) is 23.0. The second-order valence-electron chi connectivity index (χ2n) is 21.3. The Morgan fingerprint density at radius 1 is 0.202 bits per heavy atom. The molecule has 1 heterocycles. The maximum absolute atomic E-state index is 6.61. The zero-order valence-corrected chi connectivity index (χ0v) is 46.0. The summed E-state index contributed by atoms with van der Waals surface area (Å²) in [6.45, 7) is 0. The van der Waals surface area contributed by atoms with E-state index in [4.69, 9.17) is 4.42 Å². The number of fused-ring (bicyclic) bond motifs is 5. The van der Waals surface area contributed by atoms with E-state index in [1.807, 2.05) is 12.1 Å². The van der Waals surface area contributed by atoms with Crippen molar-refractivity contribution in [3.63, 3.8) is 0 Å². The van der Waals surface area contributed by atoms with Crippen molar-refractivity contribution >= 4 is 94.7 Å². The molecule has 0 atom stereocenters. The summed E-state index contributed by atoms with van der Waals surface area (Å²) >= 11 is 0. The van der Waals surface area contributed by atoms with Crippen LogP contribution < -0.4 is 14.7 Å². The SMILES string of the molecule is c1ccc(-c2ccc(N(c3ccc(-c4cccc5c4oc4ccccc45)cc3)c3cc(N(c4ccc(-c5ccccc5)cc4)c4cccc5ccccc45)cc(N(c4ccc(-c5ccccc5)cc4)c4cccc5ccccc45)c3)cc2)cc1. The van der Waals surface area contributed by atoms with Crippen molar-refractivity contribution in [3.05, 3.63) is 334 Å². The lowest BCUT2D eigenvalue weighted by Crippen LogP contribution is -2.16. The number of anilines is 9. The third-order valence-corrected chi connectivity index (χ3v) is 16.2. The number of para-hydroxylation sites is 2. The van der Waals surface area contributed by atoms with Gasteiger partial charge in [0.25, 0.3) is 0 Å². The molecular formula is C80H55N3O. The molecule has 0 saturated carbocycles. The molecule has 84 heavy (non-hydrogen) atoms. The number of hydrogen-bond donors (Lipinski definition) is 0. The summed E-state index contributed by atoms with van der Waals surface area (Å²) in [7, 11) is 0. The minimum atomic E-state index is 0.881. The molecule has 0 N–H and O–H groups in total. The quantitative estimate of drug-likeness (QED) is 0.115. The van der Waals surface area contributed by atoms with Crippen LogP contribution in [-0.2, 0) is 0 Å². The van der Waals surface area contributed by atoms with Crippen LogP contribution in [-0.4, -0.2) is 0 Å². The molecule has 0 aliphatic heterocycles. The van der Waals surface area contributed by atoms with Gasteiger partial charge in [0, 0.05) is 49.9 Å². The van der Waals surface area contributed by atoms with Crippen molar-refractivity contribution in [1.82, 2.24) is 0 Å². The lowest BCUT2D eigenvalue weighted by atomic mass is 10.0. The van der Waals surface area contributed by atoms with Crippen LogP contribution in [0.15, 0.2) is 338 Å². The van der Waals surface area contributed by atoms with Crippen LogP contribution in [0.3, 0.4) is 0 Å². The fourth-order valence-corrected chi connectivity index (χ4v) is 12.1. The predicted molar refractivity (Wildman–Crippen MR) is 355 cm³/mol. The number of hydrogen-bond acceptors (Lipinski definition) is 4. The third-order valence-electron chi connectivity index (χ3n) is 16.2. The average molecular weight is 1070 g/mol. The molecule has 4 nitrogen and oxygen atoms in total. The van der Waals surface area contributed by atoms with Crippen molar-refractivity contribution < 1.29 is 4.42 Å². The van der Waals surface area contributed by atoms with Crippen LogP contribution in [0, 0.1) is 0 Å².